The summed E-state index contributed by atoms with van der Waals surface area (Å²) in [7, 11) is 0. The second-order valence-corrected chi connectivity index (χ2v) is 5.03. The van der Waals surface area contributed by atoms with Gasteiger partial charge >= 0.3 is 0 Å². The fourth-order valence-electron chi connectivity index (χ4n) is 1.48. The number of rotatable bonds is 7. The van der Waals surface area contributed by atoms with Crippen molar-refractivity contribution in [1.82, 2.24) is 9.78 Å². The molecule has 0 bridgehead atoms. The van der Waals surface area contributed by atoms with Gasteiger partial charge in [0.1, 0.15) is 5.02 Å². The summed E-state index contributed by atoms with van der Waals surface area (Å²) in [5.74, 6) is 0.545. The summed E-state index contributed by atoms with van der Waals surface area (Å²) >= 11 is 6.07. The van der Waals surface area contributed by atoms with E-state index in [9.17, 15) is 4.79 Å². The summed E-state index contributed by atoms with van der Waals surface area (Å²) in [4.78, 5) is 11.9. The quantitative estimate of drug-likeness (QED) is 0.829. The molecule has 1 unspecified atom stereocenters. The molecule has 18 heavy (non-hydrogen) atoms. The maximum absolute atomic E-state index is 11.9. The molecule has 1 aromatic heterocycles. The zero-order chi connectivity index (χ0) is 13.5. The van der Waals surface area contributed by atoms with E-state index in [1.807, 2.05) is 0 Å². The van der Waals surface area contributed by atoms with Crippen molar-refractivity contribution in [3.8, 4) is 0 Å². The van der Waals surface area contributed by atoms with E-state index >= 15 is 0 Å². The minimum Gasteiger partial charge on any atom is -0.382 e. The Kier molecular flexibility index (Phi) is 6.19. The second kappa shape index (κ2) is 7.41. The third kappa shape index (κ3) is 4.02. The second-order valence-electron chi connectivity index (χ2n) is 4.65. The van der Waals surface area contributed by atoms with Crippen molar-refractivity contribution in [2.45, 2.75) is 46.6 Å². The maximum atomic E-state index is 11.9. The summed E-state index contributed by atoms with van der Waals surface area (Å²) < 4.78 is 1.43. The number of aromatic nitrogens is 2. The normalized spacial score (nSPS) is 12.4. The van der Waals surface area contributed by atoms with Crippen molar-refractivity contribution in [1.29, 1.82) is 0 Å². The van der Waals surface area contributed by atoms with Gasteiger partial charge in [0, 0.05) is 13.1 Å². The van der Waals surface area contributed by atoms with Gasteiger partial charge in [-0.25, -0.2) is 4.68 Å². The zero-order valence-electron chi connectivity index (χ0n) is 11.4. The first-order chi connectivity index (χ1) is 8.60. The first-order valence-electron chi connectivity index (χ1n) is 6.59. The molecule has 1 atom stereocenters. The number of aryl methyl sites for hydroxylation is 1. The van der Waals surface area contributed by atoms with E-state index in [0.717, 1.165) is 25.8 Å². The molecule has 102 valence electrons. The Morgan fingerprint density at radius 2 is 2.22 bits per heavy atom. The zero-order valence-corrected chi connectivity index (χ0v) is 12.1. The van der Waals surface area contributed by atoms with Crippen molar-refractivity contribution in [2.75, 3.05) is 11.9 Å². The minimum atomic E-state index is -0.209. The van der Waals surface area contributed by atoms with Gasteiger partial charge < -0.3 is 5.32 Å². The minimum absolute atomic E-state index is 0.209. The van der Waals surface area contributed by atoms with E-state index in [-0.39, 0.29) is 10.6 Å². The van der Waals surface area contributed by atoms with Crippen molar-refractivity contribution in [2.24, 2.45) is 5.92 Å². The Hall–Kier alpha value is -1.03. The number of nitrogens with one attached hydrogen (secondary N) is 1. The molecule has 0 aliphatic rings. The number of anilines is 1. The highest BCUT2D eigenvalue weighted by atomic mass is 35.5. The standard InChI is InChI=1S/C13H22ClN3O/c1-4-6-7-17-13(18)12(14)11(9-16-17)15-8-10(3)5-2/h9-10,15H,4-8H2,1-3H3. The summed E-state index contributed by atoms with van der Waals surface area (Å²) in [5, 5.41) is 7.56. The summed E-state index contributed by atoms with van der Waals surface area (Å²) in [6.45, 7) is 7.79. The fourth-order valence-corrected chi connectivity index (χ4v) is 1.70. The van der Waals surface area contributed by atoms with Crippen LogP contribution in [0.2, 0.25) is 5.02 Å². The molecule has 4 nitrogen and oxygen atoms in total. The Morgan fingerprint density at radius 3 is 2.83 bits per heavy atom. The highest BCUT2D eigenvalue weighted by molar-refractivity contribution is 6.32. The first kappa shape index (κ1) is 15.0. The van der Waals surface area contributed by atoms with Gasteiger partial charge in [-0.3, -0.25) is 4.79 Å². The molecule has 1 aromatic rings. The van der Waals surface area contributed by atoms with Crippen LogP contribution in [0.1, 0.15) is 40.0 Å². The summed E-state index contributed by atoms with van der Waals surface area (Å²) in [6, 6.07) is 0. The van der Waals surface area contributed by atoms with E-state index in [2.05, 4.69) is 31.2 Å². The topological polar surface area (TPSA) is 46.9 Å². The van der Waals surface area contributed by atoms with Crippen molar-refractivity contribution in [3.05, 3.63) is 21.6 Å². The van der Waals surface area contributed by atoms with Crippen molar-refractivity contribution in [3.63, 3.8) is 0 Å². The molecule has 0 fully saturated rings. The van der Waals surface area contributed by atoms with Gasteiger partial charge in [0.05, 0.1) is 11.9 Å². The molecule has 0 aromatic carbocycles. The highest BCUT2D eigenvalue weighted by Gasteiger charge is 2.09. The van der Waals surface area contributed by atoms with Gasteiger partial charge in [-0.05, 0) is 12.3 Å². The lowest BCUT2D eigenvalue weighted by atomic mass is 10.1. The van der Waals surface area contributed by atoms with Gasteiger partial charge in [0.2, 0.25) is 0 Å². The van der Waals surface area contributed by atoms with E-state index in [0.29, 0.717) is 18.2 Å². The number of halogens is 1. The van der Waals surface area contributed by atoms with Gasteiger partial charge in [0.25, 0.3) is 5.56 Å². The Balaban J connectivity index is 2.77. The van der Waals surface area contributed by atoms with Gasteiger partial charge in [-0.1, -0.05) is 45.2 Å². The number of hydrogen-bond acceptors (Lipinski definition) is 3. The molecule has 5 heteroatoms. The molecule has 0 aliphatic heterocycles. The van der Waals surface area contributed by atoms with Crippen molar-refractivity contribution < 1.29 is 0 Å². The molecule has 0 spiro atoms. The predicted molar refractivity (Wildman–Crippen MR) is 76.4 cm³/mol. The van der Waals surface area contributed by atoms with Gasteiger partial charge in [-0.15, -0.1) is 0 Å². The molecular weight excluding hydrogens is 250 g/mol. The van der Waals surface area contributed by atoms with Crippen LogP contribution in [-0.4, -0.2) is 16.3 Å². The Labute approximate surface area is 113 Å². The van der Waals surface area contributed by atoms with Crippen LogP contribution >= 0.6 is 11.6 Å². The van der Waals surface area contributed by atoms with E-state index in [1.165, 1.54) is 4.68 Å². The Morgan fingerprint density at radius 1 is 1.50 bits per heavy atom. The van der Waals surface area contributed by atoms with Crippen molar-refractivity contribution >= 4 is 17.3 Å². The predicted octanol–water partition coefficient (Wildman–Crippen LogP) is 3.15. The number of unbranched alkanes of at least 4 members (excludes halogenated alkanes) is 1. The van der Waals surface area contributed by atoms with Crippen LogP contribution in [0.5, 0.6) is 0 Å². The third-order valence-corrected chi connectivity index (χ3v) is 3.41. The number of hydrogen-bond donors (Lipinski definition) is 1. The average molecular weight is 272 g/mol. The molecule has 0 saturated heterocycles. The van der Waals surface area contributed by atoms with Crippen LogP contribution in [0.4, 0.5) is 5.69 Å². The SMILES string of the molecule is CCCCn1ncc(NCC(C)CC)c(Cl)c1=O. The van der Waals surface area contributed by atoms with Crippen LogP contribution < -0.4 is 10.9 Å². The summed E-state index contributed by atoms with van der Waals surface area (Å²) in [6.07, 6.45) is 4.69. The smallest absolute Gasteiger partial charge is 0.287 e. The van der Waals surface area contributed by atoms with Crippen LogP contribution in [0.25, 0.3) is 0 Å². The molecular formula is C13H22ClN3O. The van der Waals surface area contributed by atoms with E-state index in [1.54, 1.807) is 6.20 Å². The molecule has 0 radical (unpaired) electrons. The van der Waals surface area contributed by atoms with Crippen LogP contribution in [0.3, 0.4) is 0 Å². The first-order valence-corrected chi connectivity index (χ1v) is 6.97. The molecule has 0 amide bonds. The van der Waals surface area contributed by atoms with E-state index < -0.39 is 0 Å². The lowest BCUT2D eigenvalue weighted by Gasteiger charge is -2.13. The monoisotopic (exact) mass is 271 g/mol. The maximum Gasteiger partial charge on any atom is 0.287 e. The Bertz CT molecular complexity index is 431. The van der Waals surface area contributed by atoms with Crippen LogP contribution in [-0.2, 0) is 6.54 Å². The molecule has 0 saturated carbocycles. The van der Waals surface area contributed by atoms with Gasteiger partial charge in [0.15, 0.2) is 0 Å². The largest absolute Gasteiger partial charge is 0.382 e. The highest BCUT2D eigenvalue weighted by Crippen LogP contribution is 2.16. The van der Waals surface area contributed by atoms with E-state index in [4.69, 9.17) is 11.6 Å². The average Bonchev–Trinajstić information content (AvgIpc) is 2.39. The summed E-state index contributed by atoms with van der Waals surface area (Å²) in [5.41, 5.74) is 0.425. The molecule has 1 rings (SSSR count). The van der Waals surface area contributed by atoms with Gasteiger partial charge in [-0.2, -0.15) is 5.10 Å². The lowest BCUT2D eigenvalue weighted by molar-refractivity contribution is 0.542. The number of nitrogens with zero attached hydrogens (tertiary/aromatic N) is 2. The fraction of sp³-hybridized carbons (Fsp3) is 0.692. The van der Waals surface area contributed by atoms with Crippen LogP contribution in [0.15, 0.2) is 11.0 Å². The lowest BCUT2D eigenvalue weighted by Crippen LogP contribution is -2.25. The molecule has 0 aliphatic carbocycles. The molecule has 1 heterocycles. The van der Waals surface area contributed by atoms with Crippen LogP contribution in [0, 0.1) is 5.92 Å². The third-order valence-electron chi connectivity index (χ3n) is 3.05. The molecule has 1 N–H and O–H groups in total.